The second-order valence-corrected chi connectivity index (χ2v) is 6.19. The van der Waals surface area contributed by atoms with E-state index in [1.54, 1.807) is 12.1 Å². The Morgan fingerprint density at radius 3 is 2.57 bits per heavy atom. The van der Waals surface area contributed by atoms with E-state index in [4.69, 9.17) is 0 Å². The maximum Gasteiger partial charge on any atom is 0.271 e. The summed E-state index contributed by atoms with van der Waals surface area (Å²) in [6, 6.07) is 6.58. The van der Waals surface area contributed by atoms with E-state index in [-0.39, 0.29) is 17.5 Å². The largest absolute Gasteiger partial charge is 0.392 e. The predicted molar refractivity (Wildman–Crippen MR) is 85.2 cm³/mol. The first-order valence-electron chi connectivity index (χ1n) is 8.02. The number of nitro groups is 1. The molecule has 2 aliphatic rings. The van der Waals surface area contributed by atoms with Crippen molar-refractivity contribution in [1.29, 1.82) is 0 Å². The maximum atomic E-state index is 12.5. The summed E-state index contributed by atoms with van der Waals surface area (Å²) in [4.78, 5) is 26.8. The molecule has 7 nitrogen and oxygen atoms in total. The van der Waals surface area contributed by atoms with Gasteiger partial charge in [-0.25, -0.2) is 0 Å². The molecule has 0 aromatic heterocycles. The van der Waals surface area contributed by atoms with Crippen LogP contribution in [0.2, 0.25) is 0 Å². The lowest BCUT2D eigenvalue weighted by Gasteiger charge is -2.37. The van der Waals surface area contributed by atoms with Crippen LogP contribution in [-0.2, 0) is 4.79 Å². The minimum absolute atomic E-state index is 0.0497. The van der Waals surface area contributed by atoms with Crippen molar-refractivity contribution in [3.8, 4) is 0 Å². The number of piperazine rings is 1. The molecule has 1 N–H and O–H groups in total. The predicted octanol–water partition coefficient (Wildman–Crippen LogP) is 1.40. The lowest BCUT2D eigenvalue weighted by molar-refractivity contribution is -0.384. The molecule has 124 valence electrons. The van der Waals surface area contributed by atoms with Crippen molar-refractivity contribution in [3.05, 3.63) is 34.4 Å². The zero-order chi connectivity index (χ0) is 16.4. The van der Waals surface area contributed by atoms with Crippen molar-refractivity contribution >= 4 is 17.3 Å². The molecular weight excluding hydrogens is 298 g/mol. The van der Waals surface area contributed by atoms with Gasteiger partial charge in [-0.3, -0.25) is 14.9 Å². The minimum Gasteiger partial charge on any atom is -0.392 e. The van der Waals surface area contributed by atoms with Gasteiger partial charge < -0.3 is 14.9 Å². The van der Waals surface area contributed by atoms with Crippen molar-refractivity contribution in [1.82, 2.24) is 4.90 Å². The topological polar surface area (TPSA) is 86.9 Å². The highest BCUT2D eigenvalue weighted by Gasteiger charge is 2.35. The number of nitro benzene ring substituents is 1. The van der Waals surface area contributed by atoms with Gasteiger partial charge in [-0.1, -0.05) is 6.07 Å². The Morgan fingerprint density at radius 1 is 1.22 bits per heavy atom. The summed E-state index contributed by atoms with van der Waals surface area (Å²) in [7, 11) is 0. The normalized spacial score (nSPS) is 24.7. The molecule has 3 rings (SSSR count). The minimum atomic E-state index is -0.502. The second kappa shape index (κ2) is 6.54. The van der Waals surface area contributed by atoms with Crippen LogP contribution in [0.1, 0.15) is 19.3 Å². The van der Waals surface area contributed by atoms with Crippen LogP contribution < -0.4 is 4.90 Å². The molecule has 23 heavy (non-hydrogen) atoms. The van der Waals surface area contributed by atoms with E-state index in [0.29, 0.717) is 32.6 Å². The van der Waals surface area contributed by atoms with Gasteiger partial charge in [0.15, 0.2) is 0 Å². The van der Waals surface area contributed by atoms with Gasteiger partial charge in [-0.15, -0.1) is 0 Å². The van der Waals surface area contributed by atoms with Crippen LogP contribution in [0.3, 0.4) is 0 Å². The Kier molecular flexibility index (Phi) is 4.47. The Morgan fingerprint density at radius 2 is 1.96 bits per heavy atom. The molecule has 1 aromatic rings. The highest BCUT2D eigenvalue weighted by molar-refractivity contribution is 5.80. The molecule has 1 aliphatic carbocycles. The fourth-order valence-electron chi connectivity index (χ4n) is 3.45. The van der Waals surface area contributed by atoms with E-state index < -0.39 is 11.0 Å². The summed E-state index contributed by atoms with van der Waals surface area (Å²) in [6.45, 7) is 2.47. The third kappa shape index (κ3) is 3.29. The van der Waals surface area contributed by atoms with E-state index in [9.17, 15) is 20.0 Å². The number of rotatable bonds is 3. The fraction of sp³-hybridized carbons (Fsp3) is 0.562. The van der Waals surface area contributed by atoms with Gasteiger partial charge >= 0.3 is 0 Å². The number of aliphatic hydroxyl groups excluding tert-OH is 1. The molecule has 7 heteroatoms. The Balaban J connectivity index is 1.61. The molecular formula is C16H21N3O4. The molecule has 0 radical (unpaired) electrons. The van der Waals surface area contributed by atoms with Gasteiger partial charge in [0.05, 0.1) is 16.9 Å². The van der Waals surface area contributed by atoms with E-state index in [1.165, 1.54) is 6.07 Å². The number of hydrogen-bond acceptors (Lipinski definition) is 5. The lowest BCUT2D eigenvalue weighted by atomic mass is 10.0. The molecule has 1 saturated heterocycles. The Labute approximate surface area is 134 Å². The average Bonchev–Trinajstić information content (AvgIpc) is 3.00. The summed E-state index contributed by atoms with van der Waals surface area (Å²) in [5.41, 5.74) is 0.891. The maximum absolute atomic E-state index is 12.5. The first kappa shape index (κ1) is 15.7. The summed E-state index contributed by atoms with van der Waals surface area (Å²) < 4.78 is 0. The van der Waals surface area contributed by atoms with Gasteiger partial charge in [-0.05, 0) is 25.3 Å². The molecule has 1 heterocycles. The van der Waals surface area contributed by atoms with E-state index >= 15 is 0 Å². The van der Waals surface area contributed by atoms with E-state index in [0.717, 1.165) is 18.5 Å². The van der Waals surface area contributed by atoms with Gasteiger partial charge in [0.2, 0.25) is 5.91 Å². The van der Waals surface area contributed by atoms with Gasteiger partial charge in [0, 0.05) is 44.0 Å². The van der Waals surface area contributed by atoms with Crippen molar-refractivity contribution in [2.75, 3.05) is 31.1 Å². The zero-order valence-electron chi connectivity index (χ0n) is 12.9. The van der Waals surface area contributed by atoms with Crippen LogP contribution in [0, 0.1) is 16.0 Å². The van der Waals surface area contributed by atoms with Crippen LogP contribution in [0.25, 0.3) is 0 Å². The molecule has 1 aromatic carbocycles. The molecule has 2 fully saturated rings. The number of amides is 1. The van der Waals surface area contributed by atoms with Crippen molar-refractivity contribution in [2.45, 2.75) is 25.4 Å². The van der Waals surface area contributed by atoms with E-state index in [1.807, 2.05) is 11.0 Å². The summed E-state index contributed by atoms with van der Waals surface area (Å²) in [6.07, 6.45) is 1.89. The van der Waals surface area contributed by atoms with Crippen LogP contribution in [-0.4, -0.2) is 53.1 Å². The first-order valence-corrected chi connectivity index (χ1v) is 8.02. The number of nitrogens with zero attached hydrogens (tertiary/aromatic N) is 3. The van der Waals surface area contributed by atoms with Gasteiger partial charge in [0.1, 0.15) is 0 Å². The zero-order valence-corrected chi connectivity index (χ0v) is 12.9. The van der Waals surface area contributed by atoms with E-state index in [2.05, 4.69) is 4.90 Å². The molecule has 1 saturated carbocycles. The van der Waals surface area contributed by atoms with Gasteiger partial charge in [-0.2, -0.15) is 0 Å². The highest BCUT2D eigenvalue weighted by atomic mass is 16.6. The molecule has 0 bridgehead atoms. The summed E-state index contributed by atoms with van der Waals surface area (Å²) in [5, 5.41) is 20.7. The molecule has 1 aliphatic heterocycles. The van der Waals surface area contributed by atoms with Crippen LogP contribution in [0.5, 0.6) is 0 Å². The smallest absolute Gasteiger partial charge is 0.271 e. The number of aliphatic hydroxyl groups is 1. The van der Waals surface area contributed by atoms with Crippen LogP contribution >= 0.6 is 0 Å². The number of carbonyl (C=O) groups excluding carboxylic acids is 1. The third-order valence-corrected chi connectivity index (χ3v) is 4.79. The number of carbonyl (C=O) groups is 1. The highest BCUT2D eigenvalue weighted by Crippen LogP contribution is 2.28. The summed E-state index contributed by atoms with van der Waals surface area (Å²) >= 11 is 0. The van der Waals surface area contributed by atoms with Crippen LogP contribution in [0.4, 0.5) is 11.4 Å². The summed E-state index contributed by atoms with van der Waals surface area (Å²) in [5.74, 6) is -0.201. The molecule has 2 atom stereocenters. The SMILES string of the molecule is O=C(C1CCCC1O)N1CCN(c2cccc([N+](=O)[O-])c2)CC1. The third-order valence-electron chi connectivity index (χ3n) is 4.79. The quantitative estimate of drug-likeness (QED) is 0.672. The van der Waals surface area contributed by atoms with Gasteiger partial charge in [0.25, 0.3) is 5.69 Å². The Bertz CT molecular complexity index is 599. The Hall–Kier alpha value is -2.15. The molecule has 2 unspecified atom stereocenters. The number of benzene rings is 1. The number of anilines is 1. The first-order chi connectivity index (χ1) is 11.1. The van der Waals surface area contributed by atoms with Crippen molar-refractivity contribution < 1.29 is 14.8 Å². The average molecular weight is 319 g/mol. The van der Waals surface area contributed by atoms with Crippen molar-refractivity contribution in [2.24, 2.45) is 5.92 Å². The molecule has 1 amide bonds. The van der Waals surface area contributed by atoms with Crippen LogP contribution in [0.15, 0.2) is 24.3 Å². The molecule has 0 spiro atoms. The standard InChI is InChI=1S/C16H21N3O4/c20-15-6-2-5-14(15)16(21)18-9-7-17(8-10-18)12-3-1-4-13(11-12)19(22)23/h1,3-4,11,14-15,20H,2,5-10H2. The second-order valence-electron chi connectivity index (χ2n) is 6.19. The number of non-ortho nitro benzene ring substituents is 1. The lowest BCUT2D eigenvalue weighted by Crippen LogP contribution is -2.51. The fourth-order valence-corrected chi connectivity index (χ4v) is 3.45. The number of hydrogen-bond donors (Lipinski definition) is 1. The monoisotopic (exact) mass is 319 g/mol. The van der Waals surface area contributed by atoms with Crippen molar-refractivity contribution in [3.63, 3.8) is 0 Å².